The quantitative estimate of drug-likeness (QED) is 0.496. The Morgan fingerprint density at radius 1 is 1.07 bits per heavy atom. The fourth-order valence-electron chi connectivity index (χ4n) is 3.18. The summed E-state index contributed by atoms with van der Waals surface area (Å²) in [4.78, 5) is 25.5. The zero-order valence-corrected chi connectivity index (χ0v) is 16.4. The number of hydrogen-bond donors (Lipinski definition) is 1. The van der Waals surface area contributed by atoms with Crippen LogP contribution in [0.3, 0.4) is 0 Å². The van der Waals surface area contributed by atoms with Crippen LogP contribution in [0.4, 0.5) is 13.2 Å². The monoisotopic (exact) mass is 415 g/mol. The van der Waals surface area contributed by atoms with Crippen molar-refractivity contribution in [2.75, 3.05) is 0 Å². The molecule has 29 heavy (non-hydrogen) atoms. The molecule has 4 nitrogen and oxygen atoms in total. The second kappa shape index (κ2) is 7.11. The Labute approximate surface area is 168 Å². The molecule has 0 atom stereocenters. The second-order valence-corrected chi connectivity index (χ2v) is 8.01. The van der Waals surface area contributed by atoms with Gasteiger partial charge in [-0.3, -0.25) is 9.78 Å². The largest absolute Gasteiger partial charge is 0.417 e. The summed E-state index contributed by atoms with van der Waals surface area (Å²) in [5.41, 5.74) is 2.25. The van der Waals surface area contributed by atoms with Crippen molar-refractivity contribution in [3.63, 3.8) is 0 Å². The van der Waals surface area contributed by atoms with Crippen LogP contribution < -0.4 is 5.56 Å². The zero-order chi connectivity index (χ0) is 20.8. The molecule has 0 aliphatic heterocycles. The van der Waals surface area contributed by atoms with E-state index in [-0.39, 0.29) is 12.0 Å². The summed E-state index contributed by atoms with van der Waals surface area (Å²) >= 11 is 1.42. The SMILES string of the molecule is Cc1ccc(-c2c(C)sc3nc(Cc4ccc(C(F)(F)F)cn4)[nH]c(=O)c23)cc1. The minimum atomic E-state index is -4.43. The number of hydrogen-bond acceptors (Lipinski definition) is 4. The summed E-state index contributed by atoms with van der Waals surface area (Å²) in [7, 11) is 0. The maximum absolute atomic E-state index is 12.8. The molecule has 0 saturated carbocycles. The molecule has 0 unspecified atom stereocenters. The standard InChI is InChI=1S/C21H16F3N3OS/c1-11-3-5-13(6-4-11)17-12(2)29-20-18(17)19(28)26-16(27-20)9-15-8-7-14(10-25-15)21(22,23)24/h3-8,10H,9H2,1-2H3,(H,26,27,28). The fourth-order valence-corrected chi connectivity index (χ4v) is 4.25. The Morgan fingerprint density at radius 3 is 2.41 bits per heavy atom. The van der Waals surface area contributed by atoms with E-state index >= 15 is 0 Å². The smallest absolute Gasteiger partial charge is 0.310 e. The molecule has 4 rings (SSSR count). The molecule has 0 saturated heterocycles. The lowest BCUT2D eigenvalue weighted by atomic mass is 10.0. The van der Waals surface area contributed by atoms with E-state index in [1.165, 1.54) is 17.4 Å². The van der Waals surface area contributed by atoms with Crippen molar-refractivity contribution < 1.29 is 13.2 Å². The lowest BCUT2D eigenvalue weighted by molar-refractivity contribution is -0.137. The number of thiophene rings is 1. The van der Waals surface area contributed by atoms with Gasteiger partial charge in [0.05, 0.1) is 10.9 Å². The van der Waals surface area contributed by atoms with Gasteiger partial charge in [0.1, 0.15) is 10.7 Å². The molecule has 0 bridgehead atoms. The number of fused-ring (bicyclic) bond motifs is 1. The second-order valence-electron chi connectivity index (χ2n) is 6.80. The highest BCUT2D eigenvalue weighted by molar-refractivity contribution is 7.19. The van der Waals surface area contributed by atoms with Crippen molar-refractivity contribution in [1.29, 1.82) is 0 Å². The molecule has 0 aliphatic carbocycles. The van der Waals surface area contributed by atoms with Gasteiger partial charge in [0.2, 0.25) is 0 Å². The summed E-state index contributed by atoms with van der Waals surface area (Å²) in [5.74, 6) is 0.367. The van der Waals surface area contributed by atoms with Gasteiger partial charge in [0.15, 0.2) is 0 Å². The van der Waals surface area contributed by atoms with Crippen LogP contribution >= 0.6 is 11.3 Å². The predicted octanol–water partition coefficient (Wildman–Crippen LogP) is 5.27. The number of aryl methyl sites for hydroxylation is 2. The summed E-state index contributed by atoms with van der Waals surface area (Å²) in [6, 6.07) is 10.2. The van der Waals surface area contributed by atoms with E-state index in [2.05, 4.69) is 15.0 Å². The van der Waals surface area contributed by atoms with Gasteiger partial charge in [-0.05, 0) is 31.5 Å². The number of alkyl halides is 3. The number of aromatic nitrogens is 3. The summed E-state index contributed by atoms with van der Waals surface area (Å²) in [6.07, 6.45) is -3.51. The van der Waals surface area contributed by atoms with Crippen LogP contribution in [0, 0.1) is 13.8 Å². The van der Waals surface area contributed by atoms with Crippen LogP contribution in [0.1, 0.15) is 27.5 Å². The van der Waals surface area contributed by atoms with Crippen molar-refractivity contribution in [3.05, 3.63) is 80.5 Å². The topological polar surface area (TPSA) is 58.6 Å². The first-order valence-electron chi connectivity index (χ1n) is 8.84. The van der Waals surface area contributed by atoms with Crippen LogP contribution in [-0.2, 0) is 12.6 Å². The van der Waals surface area contributed by atoms with Crippen molar-refractivity contribution in [2.24, 2.45) is 0 Å². The maximum Gasteiger partial charge on any atom is 0.417 e. The molecular weight excluding hydrogens is 399 g/mol. The number of rotatable bonds is 3. The summed E-state index contributed by atoms with van der Waals surface area (Å²) in [5, 5.41) is 0.528. The van der Waals surface area contributed by atoms with E-state index in [1.54, 1.807) is 0 Å². The van der Waals surface area contributed by atoms with E-state index in [1.807, 2.05) is 38.1 Å². The van der Waals surface area contributed by atoms with Gasteiger partial charge in [-0.15, -0.1) is 11.3 Å². The molecule has 3 aromatic heterocycles. The van der Waals surface area contributed by atoms with Gasteiger partial charge >= 0.3 is 6.18 Å². The number of nitrogens with one attached hydrogen (secondary N) is 1. The van der Waals surface area contributed by atoms with Crippen LogP contribution in [-0.4, -0.2) is 15.0 Å². The Morgan fingerprint density at radius 2 is 1.79 bits per heavy atom. The number of pyridine rings is 1. The maximum atomic E-state index is 12.8. The third kappa shape index (κ3) is 3.80. The van der Waals surface area contributed by atoms with Gasteiger partial charge in [0, 0.05) is 28.8 Å². The van der Waals surface area contributed by atoms with E-state index in [0.717, 1.165) is 33.8 Å². The van der Waals surface area contributed by atoms with Gasteiger partial charge in [-0.2, -0.15) is 13.2 Å². The molecule has 1 N–H and O–H groups in total. The van der Waals surface area contributed by atoms with Gasteiger partial charge in [-0.25, -0.2) is 4.98 Å². The molecule has 1 aromatic carbocycles. The Bertz CT molecular complexity index is 1240. The third-order valence-corrected chi connectivity index (χ3v) is 5.63. The van der Waals surface area contributed by atoms with Gasteiger partial charge < -0.3 is 4.98 Å². The van der Waals surface area contributed by atoms with Gasteiger partial charge in [0.25, 0.3) is 5.56 Å². The van der Waals surface area contributed by atoms with Crippen LogP contribution in [0.2, 0.25) is 0 Å². The van der Waals surface area contributed by atoms with Crippen LogP contribution in [0.15, 0.2) is 47.4 Å². The number of H-pyrrole nitrogens is 1. The molecular formula is C21H16F3N3OS. The van der Waals surface area contributed by atoms with Crippen molar-refractivity contribution in [3.8, 4) is 11.1 Å². The first-order chi connectivity index (χ1) is 13.7. The molecule has 4 aromatic rings. The van der Waals surface area contributed by atoms with E-state index in [0.29, 0.717) is 21.7 Å². The lowest BCUT2D eigenvalue weighted by Crippen LogP contribution is -2.12. The highest BCUT2D eigenvalue weighted by atomic mass is 32.1. The number of halogens is 3. The zero-order valence-electron chi connectivity index (χ0n) is 15.6. The Balaban J connectivity index is 1.72. The molecule has 3 heterocycles. The lowest BCUT2D eigenvalue weighted by Gasteiger charge is -2.07. The van der Waals surface area contributed by atoms with E-state index in [4.69, 9.17) is 0 Å². The fraction of sp³-hybridized carbons (Fsp3) is 0.190. The highest BCUT2D eigenvalue weighted by Gasteiger charge is 2.30. The van der Waals surface area contributed by atoms with Gasteiger partial charge in [-0.1, -0.05) is 29.8 Å². The normalized spacial score (nSPS) is 11.9. The minimum absolute atomic E-state index is 0.139. The van der Waals surface area contributed by atoms with Crippen molar-refractivity contribution in [2.45, 2.75) is 26.4 Å². The molecule has 0 spiro atoms. The van der Waals surface area contributed by atoms with Crippen LogP contribution in [0.25, 0.3) is 21.3 Å². The first kappa shape index (κ1) is 19.3. The van der Waals surface area contributed by atoms with Crippen molar-refractivity contribution in [1.82, 2.24) is 15.0 Å². The first-order valence-corrected chi connectivity index (χ1v) is 9.65. The van der Waals surface area contributed by atoms with E-state index in [9.17, 15) is 18.0 Å². The molecule has 0 fully saturated rings. The molecule has 148 valence electrons. The average Bonchev–Trinajstić information content (AvgIpc) is 2.98. The highest BCUT2D eigenvalue weighted by Crippen LogP contribution is 2.35. The number of benzene rings is 1. The third-order valence-electron chi connectivity index (χ3n) is 4.63. The molecule has 0 amide bonds. The number of nitrogens with zero attached hydrogens (tertiary/aromatic N) is 2. The summed E-state index contributed by atoms with van der Waals surface area (Å²) in [6.45, 7) is 3.94. The summed E-state index contributed by atoms with van der Waals surface area (Å²) < 4.78 is 38.0. The number of aromatic amines is 1. The molecule has 0 aliphatic rings. The Kier molecular flexibility index (Phi) is 4.74. The molecule has 0 radical (unpaired) electrons. The Hall–Kier alpha value is -3.00. The minimum Gasteiger partial charge on any atom is -0.310 e. The van der Waals surface area contributed by atoms with Crippen molar-refractivity contribution >= 4 is 21.6 Å². The predicted molar refractivity (Wildman–Crippen MR) is 107 cm³/mol. The molecule has 8 heteroatoms. The van der Waals surface area contributed by atoms with Crippen LogP contribution in [0.5, 0.6) is 0 Å². The average molecular weight is 415 g/mol. The van der Waals surface area contributed by atoms with E-state index < -0.39 is 11.7 Å².